The summed E-state index contributed by atoms with van der Waals surface area (Å²) >= 11 is 5.83. The van der Waals surface area contributed by atoms with Crippen molar-refractivity contribution in [3.63, 3.8) is 0 Å². The van der Waals surface area contributed by atoms with Crippen molar-refractivity contribution in [2.75, 3.05) is 5.32 Å². The number of hydrogen-bond acceptors (Lipinski definition) is 2. The van der Waals surface area contributed by atoms with Gasteiger partial charge in [0.05, 0.1) is 17.0 Å². The number of rotatable bonds is 4. The third kappa shape index (κ3) is 3.39. The normalized spacial score (nSPS) is 10.5. The molecule has 0 aliphatic carbocycles. The van der Waals surface area contributed by atoms with Crippen LogP contribution in [0.4, 0.5) is 5.69 Å². The number of aromatic carboxylic acids is 1. The van der Waals surface area contributed by atoms with Crippen LogP contribution in [-0.2, 0) is 11.2 Å². The second-order valence-corrected chi connectivity index (χ2v) is 5.77. The van der Waals surface area contributed by atoms with Gasteiger partial charge in [0.2, 0.25) is 5.91 Å². The Balaban J connectivity index is 1.81. The molecule has 0 saturated heterocycles. The molecule has 0 saturated carbocycles. The molecule has 4 nitrogen and oxygen atoms in total. The number of carbonyl (C=O) groups is 2. The molecule has 3 rings (SSSR count). The van der Waals surface area contributed by atoms with Crippen molar-refractivity contribution in [3.8, 4) is 0 Å². The van der Waals surface area contributed by atoms with Crippen LogP contribution in [0.2, 0.25) is 5.02 Å². The third-order valence-corrected chi connectivity index (χ3v) is 4.04. The molecule has 0 unspecified atom stereocenters. The lowest BCUT2D eigenvalue weighted by Crippen LogP contribution is -2.15. The first kappa shape index (κ1) is 16.0. The molecule has 0 radical (unpaired) electrons. The van der Waals surface area contributed by atoms with E-state index in [9.17, 15) is 9.59 Å². The molecule has 0 bridgehead atoms. The summed E-state index contributed by atoms with van der Waals surface area (Å²) in [5.41, 5.74) is 1.28. The minimum atomic E-state index is -1.13. The van der Waals surface area contributed by atoms with Crippen molar-refractivity contribution in [1.29, 1.82) is 0 Å². The van der Waals surface area contributed by atoms with Gasteiger partial charge in [-0.05, 0) is 34.5 Å². The lowest BCUT2D eigenvalue weighted by atomic mass is 10.0. The molecule has 0 aromatic heterocycles. The van der Waals surface area contributed by atoms with E-state index >= 15 is 0 Å². The number of benzene rings is 3. The molecule has 1 amide bonds. The van der Waals surface area contributed by atoms with E-state index < -0.39 is 5.97 Å². The van der Waals surface area contributed by atoms with E-state index in [0.29, 0.717) is 5.69 Å². The van der Waals surface area contributed by atoms with E-state index in [2.05, 4.69) is 5.32 Å². The fourth-order valence-electron chi connectivity index (χ4n) is 2.59. The van der Waals surface area contributed by atoms with Gasteiger partial charge in [-0.15, -0.1) is 0 Å². The monoisotopic (exact) mass is 339 g/mol. The average Bonchev–Trinajstić information content (AvgIpc) is 2.56. The Morgan fingerprint density at radius 2 is 1.75 bits per heavy atom. The maximum absolute atomic E-state index is 12.3. The molecule has 3 aromatic carbocycles. The SMILES string of the molecule is O=C(Cc1cccc2ccccc12)Nc1ccc(Cl)c(C(=O)O)c1. The van der Waals surface area contributed by atoms with Crippen LogP contribution in [0.5, 0.6) is 0 Å². The molecule has 3 aromatic rings. The highest BCUT2D eigenvalue weighted by Crippen LogP contribution is 2.22. The second kappa shape index (κ2) is 6.72. The average molecular weight is 340 g/mol. The molecule has 0 heterocycles. The Bertz CT molecular complexity index is 932. The Hall–Kier alpha value is -2.85. The van der Waals surface area contributed by atoms with Crippen LogP contribution in [0.3, 0.4) is 0 Å². The molecule has 120 valence electrons. The van der Waals surface area contributed by atoms with Crippen LogP contribution < -0.4 is 5.32 Å². The zero-order chi connectivity index (χ0) is 17.1. The first-order valence-electron chi connectivity index (χ1n) is 7.34. The van der Waals surface area contributed by atoms with E-state index in [0.717, 1.165) is 16.3 Å². The minimum Gasteiger partial charge on any atom is -0.478 e. The predicted octanol–water partition coefficient (Wildman–Crippen LogP) is 4.37. The lowest BCUT2D eigenvalue weighted by molar-refractivity contribution is -0.115. The third-order valence-electron chi connectivity index (χ3n) is 3.71. The summed E-state index contributed by atoms with van der Waals surface area (Å²) in [6.45, 7) is 0. The quantitative estimate of drug-likeness (QED) is 0.741. The maximum atomic E-state index is 12.3. The highest BCUT2D eigenvalue weighted by atomic mass is 35.5. The van der Waals surface area contributed by atoms with E-state index in [4.69, 9.17) is 16.7 Å². The molecule has 5 heteroatoms. The van der Waals surface area contributed by atoms with Crippen molar-refractivity contribution in [2.24, 2.45) is 0 Å². The van der Waals surface area contributed by atoms with E-state index in [1.54, 1.807) is 6.07 Å². The van der Waals surface area contributed by atoms with Gasteiger partial charge in [-0.1, -0.05) is 54.1 Å². The van der Waals surface area contributed by atoms with E-state index in [1.807, 2.05) is 42.5 Å². The van der Waals surface area contributed by atoms with Gasteiger partial charge in [-0.2, -0.15) is 0 Å². The van der Waals surface area contributed by atoms with Crippen LogP contribution in [-0.4, -0.2) is 17.0 Å². The Morgan fingerprint density at radius 1 is 1.00 bits per heavy atom. The van der Waals surface area contributed by atoms with Crippen LogP contribution >= 0.6 is 11.6 Å². The van der Waals surface area contributed by atoms with Gasteiger partial charge >= 0.3 is 5.97 Å². The van der Waals surface area contributed by atoms with Gasteiger partial charge in [0.1, 0.15) is 0 Å². The number of amides is 1. The summed E-state index contributed by atoms with van der Waals surface area (Å²) in [4.78, 5) is 23.4. The highest BCUT2D eigenvalue weighted by Gasteiger charge is 2.12. The van der Waals surface area contributed by atoms with Gasteiger partial charge in [-0.25, -0.2) is 4.79 Å². The van der Waals surface area contributed by atoms with Crippen LogP contribution in [0.25, 0.3) is 10.8 Å². The number of carboxylic acids is 1. The van der Waals surface area contributed by atoms with Gasteiger partial charge in [0.15, 0.2) is 0 Å². The Morgan fingerprint density at radius 3 is 2.54 bits per heavy atom. The van der Waals surface area contributed by atoms with Crippen molar-refractivity contribution in [3.05, 3.63) is 76.8 Å². The molecule has 0 atom stereocenters. The van der Waals surface area contributed by atoms with Gasteiger partial charge in [0.25, 0.3) is 0 Å². The first-order valence-corrected chi connectivity index (χ1v) is 7.72. The van der Waals surface area contributed by atoms with E-state index in [-0.39, 0.29) is 22.9 Å². The van der Waals surface area contributed by atoms with Gasteiger partial charge in [-0.3, -0.25) is 4.79 Å². The summed E-state index contributed by atoms with van der Waals surface area (Å²) in [6, 6.07) is 18.1. The number of halogens is 1. The number of fused-ring (bicyclic) bond motifs is 1. The maximum Gasteiger partial charge on any atom is 0.337 e. The summed E-state index contributed by atoms with van der Waals surface area (Å²) in [6.07, 6.45) is 0.201. The molecule has 0 aliphatic heterocycles. The summed E-state index contributed by atoms with van der Waals surface area (Å²) in [5.74, 6) is -1.35. The molecule has 24 heavy (non-hydrogen) atoms. The lowest BCUT2D eigenvalue weighted by Gasteiger charge is -2.09. The Kier molecular flexibility index (Phi) is 4.49. The fourth-order valence-corrected chi connectivity index (χ4v) is 2.79. The standard InChI is InChI=1S/C19H14ClNO3/c20-17-9-8-14(11-16(17)19(23)24)21-18(22)10-13-6-3-5-12-4-1-2-7-15(12)13/h1-9,11H,10H2,(H,21,22)(H,23,24). The summed E-state index contributed by atoms with van der Waals surface area (Å²) < 4.78 is 0. The highest BCUT2D eigenvalue weighted by molar-refractivity contribution is 6.33. The van der Waals surface area contributed by atoms with Crippen LogP contribution in [0.15, 0.2) is 60.7 Å². The van der Waals surface area contributed by atoms with Crippen molar-refractivity contribution in [1.82, 2.24) is 0 Å². The predicted molar refractivity (Wildman–Crippen MR) is 94.7 cm³/mol. The largest absolute Gasteiger partial charge is 0.478 e. The molecular weight excluding hydrogens is 326 g/mol. The summed E-state index contributed by atoms with van der Waals surface area (Å²) in [7, 11) is 0. The fraction of sp³-hybridized carbons (Fsp3) is 0.0526. The molecule has 2 N–H and O–H groups in total. The number of hydrogen-bond donors (Lipinski definition) is 2. The first-order chi connectivity index (χ1) is 11.5. The van der Waals surface area contributed by atoms with Crippen molar-refractivity contribution < 1.29 is 14.7 Å². The number of carbonyl (C=O) groups excluding carboxylic acids is 1. The van der Waals surface area contributed by atoms with Crippen molar-refractivity contribution >= 4 is 39.9 Å². The second-order valence-electron chi connectivity index (χ2n) is 5.36. The molecule has 0 spiro atoms. The number of anilines is 1. The van der Waals surface area contributed by atoms with Crippen LogP contribution in [0.1, 0.15) is 15.9 Å². The smallest absolute Gasteiger partial charge is 0.337 e. The van der Waals surface area contributed by atoms with Crippen molar-refractivity contribution in [2.45, 2.75) is 6.42 Å². The molecule has 0 aliphatic rings. The molecule has 0 fully saturated rings. The van der Waals surface area contributed by atoms with Gasteiger partial charge in [0, 0.05) is 5.69 Å². The Labute approximate surface area is 143 Å². The summed E-state index contributed by atoms with van der Waals surface area (Å²) in [5, 5.41) is 14.0. The number of nitrogens with one attached hydrogen (secondary N) is 1. The zero-order valence-electron chi connectivity index (χ0n) is 12.6. The van der Waals surface area contributed by atoms with Crippen LogP contribution in [0, 0.1) is 0 Å². The zero-order valence-corrected chi connectivity index (χ0v) is 13.4. The molecular formula is C19H14ClNO3. The van der Waals surface area contributed by atoms with E-state index in [1.165, 1.54) is 12.1 Å². The van der Waals surface area contributed by atoms with Gasteiger partial charge < -0.3 is 10.4 Å². The number of carboxylic acid groups (broad SMARTS) is 1. The minimum absolute atomic E-state index is 0.0420. The topological polar surface area (TPSA) is 66.4 Å².